The van der Waals surface area contributed by atoms with Gasteiger partial charge in [-0.15, -0.1) is 0 Å². The molecule has 3 aliphatic rings. The number of ether oxygens (including phenoxy) is 1. The van der Waals surface area contributed by atoms with Gasteiger partial charge in [0.05, 0.1) is 6.54 Å². The lowest BCUT2D eigenvalue weighted by Gasteiger charge is -2.34. The number of amides is 4. The second-order valence-electron chi connectivity index (χ2n) is 8.53. The van der Waals surface area contributed by atoms with Gasteiger partial charge in [0.2, 0.25) is 0 Å². The minimum atomic E-state index is -0.823. The molecule has 3 fully saturated rings. The molecule has 2 saturated heterocycles. The first-order valence-electron chi connectivity index (χ1n) is 11.1. The van der Waals surface area contributed by atoms with Gasteiger partial charge in [-0.1, -0.05) is 37.5 Å². The van der Waals surface area contributed by atoms with E-state index in [1.807, 2.05) is 35.2 Å². The van der Waals surface area contributed by atoms with Crippen LogP contribution in [0.5, 0.6) is 5.75 Å². The molecule has 0 radical (unpaired) electrons. The largest absolute Gasteiger partial charge is 0.492 e. The molecule has 4 rings (SSSR count). The average Bonchev–Trinajstić information content (AvgIpc) is 3.00. The van der Waals surface area contributed by atoms with Crippen molar-refractivity contribution in [2.45, 2.75) is 37.6 Å². The fraction of sp³-hybridized carbons (Fsp3) is 0.591. The summed E-state index contributed by atoms with van der Waals surface area (Å²) in [6.07, 6.45) is 4.17. The van der Waals surface area contributed by atoms with Gasteiger partial charge in [-0.2, -0.15) is 5.01 Å². The summed E-state index contributed by atoms with van der Waals surface area (Å²) in [5, 5.41) is 3.69. The van der Waals surface area contributed by atoms with E-state index in [1.165, 1.54) is 0 Å². The lowest BCUT2D eigenvalue weighted by Crippen LogP contribution is -2.54. The highest BCUT2D eigenvalue weighted by Crippen LogP contribution is 2.32. The summed E-state index contributed by atoms with van der Waals surface area (Å²) < 4.78 is 5.75. The molecule has 0 unspecified atom stereocenters. The van der Waals surface area contributed by atoms with Gasteiger partial charge in [-0.25, -0.2) is 4.79 Å². The number of hydrogen-bond acceptors (Lipinski definition) is 6. The zero-order valence-corrected chi connectivity index (χ0v) is 17.8. The van der Waals surface area contributed by atoms with E-state index >= 15 is 0 Å². The molecule has 4 amide bonds. The molecule has 168 valence electrons. The summed E-state index contributed by atoms with van der Waals surface area (Å²) >= 11 is 0. The van der Waals surface area contributed by atoms with Crippen LogP contribution in [-0.4, -0.2) is 84.1 Å². The molecule has 1 aromatic carbocycles. The van der Waals surface area contributed by atoms with Crippen LogP contribution in [0.2, 0.25) is 0 Å². The number of hydrazine groups is 1. The topological polar surface area (TPSA) is 94.2 Å². The molecular weight excluding hydrogens is 398 g/mol. The molecule has 2 aliphatic heterocycles. The smallest absolute Gasteiger partial charge is 0.344 e. The molecule has 0 atom stereocenters. The monoisotopic (exact) mass is 429 g/mol. The van der Waals surface area contributed by atoms with Crippen molar-refractivity contribution < 1.29 is 19.1 Å². The Hall–Kier alpha value is -2.65. The Labute approximate surface area is 182 Å². The third kappa shape index (κ3) is 5.16. The van der Waals surface area contributed by atoms with E-state index in [0.29, 0.717) is 19.4 Å². The summed E-state index contributed by atoms with van der Waals surface area (Å²) in [7, 11) is 0. The molecule has 1 aliphatic carbocycles. The van der Waals surface area contributed by atoms with Crippen molar-refractivity contribution in [2.24, 2.45) is 0 Å². The van der Waals surface area contributed by atoms with Gasteiger partial charge in [0.25, 0.3) is 11.8 Å². The summed E-state index contributed by atoms with van der Waals surface area (Å²) in [5.74, 6) is 0.208. The Morgan fingerprint density at radius 2 is 1.68 bits per heavy atom. The van der Waals surface area contributed by atoms with Crippen LogP contribution in [-0.2, 0) is 9.59 Å². The van der Waals surface area contributed by atoms with Crippen molar-refractivity contribution in [3.05, 3.63) is 30.3 Å². The van der Waals surface area contributed by atoms with Crippen molar-refractivity contribution in [1.82, 2.24) is 25.6 Å². The predicted molar refractivity (Wildman–Crippen MR) is 114 cm³/mol. The number of benzene rings is 1. The Balaban J connectivity index is 1.17. The third-order valence-electron chi connectivity index (χ3n) is 6.36. The number of nitrogens with zero attached hydrogens (tertiary/aromatic N) is 3. The highest BCUT2D eigenvalue weighted by Gasteiger charge is 2.52. The van der Waals surface area contributed by atoms with E-state index in [1.54, 1.807) is 0 Å². The van der Waals surface area contributed by atoms with Gasteiger partial charge >= 0.3 is 6.03 Å². The fourth-order valence-electron chi connectivity index (χ4n) is 4.56. The SMILES string of the molecule is O=C(CN1CCN(CCOc2ccccc2)CC1)NN1C(=O)NC2(CCCCC2)C1=O. The Morgan fingerprint density at radius 1 is 1.00 bits per heavy atom. The fourth-order valence-corrected chi connectivity index (χ4v) is 4.56. The van der Waals surface area contributed by atoms with Crippen molar-refractivity contribution in [1.29, 1.82) is 0 Å². The first-order chi connectivity index (χ1) is 15.1. The van der Waals surface area contributed by atoms with E-state index in [0.717, 1.165) is 62.7 Å². The van der Waals surface area contributed by atoms with Crippen molar-refractivity contribution in [3.63, 3.8) is 0 Å². The maximum absolute atomic E-state index is 12.8. The molecule has 2 heterocycles. The van der Waals surface area contributed by atoms with Gasteiger partial charge in [0.1, 0.15) is 17.9 Å². The van der Waals surface area contributed by atoms with Crippen molar-refractivity contribution in [3.8, 4) is 5.75 Å². The second kappa shape index (κ2) is 9.65. The van der Waals surface area contributed by atoms with Crippen LogP contribution in [0.25, 0.3) is 0 Å². The highest BCUT2D eigenvalue weighted by molar-refractivity contribution is 6.08. The first-order valence-corrected chi connectivity index (χ1v) is 11.1. The van der Waals surface area contributed by atoms with Gasteiger partial charge in [-0.05, 0) is 25.0 Å². The van der Waals surface area contributed by atoms with Gasteiger partial charge in [-0.3, -0.25) is 24.8 Å². The summed E-state index contributed by atoms with van der Waals surface area (Å²) in [6, 6.07) is 9.22. The number of para-hydroxylation sites is 1. The highest BCUT2D eigenvalue weighted by atomic mass is 16.5. The maximum Gasteiger partial charge on any atom is 0.344 e. The molecular formula is C22H31N5O4. The van der Waals surface area contributed by atoms with Gasteiger partial charge in [0.15, 0.2) is 0 Å². The normalized spacial score (nSPS) is 21.9. The van der Waals surface area contributed by atoms with Crippen molar-refractivity contribution >= 4 is 17.8 Å². The zero-order valence-electron chi connectivity index (χ0n) is 17.8. The molecule has 1 aromatic rings. The zero-order chi connectivity index (χ0) is 21.7. The van der Waals surface area contributed by atoms with Crippen LogP contribution in [0, 0.1) is 0 Å². The molecule has 9 nitrogen and oxygen atoms in total. The number of carbonyl (C=O) groups excluding carboxylic acids is 3. The number of nitrogens with one attached hydrogen (secondary N) is 2. The number of piperazine rings is 1. The number of hydrogen-bond donors (Lipinski definition) is 2. The van der Waals surface area contributed by atoms with Crippen molar-refractivity contribution in [2.75, 3.05) is 45.9 Å². The average molecular weight is 430 g/mol. The van der Waals surface area contributed by atoms with E-state index in [-0.39, 0.29) is 18.4 Å². The lowest BCUT2D eigenvalue weighted by atomic mass is 9.82. The van der Waals surface area contributed by atoms with E-state index in [9.17, 15) is 14.4 Å². The maximum atomic E-state index is 12.8. The standard InChI is InChI=1S/C22H31N5O4/c28-19(24-27-20(29)22(23-21(27)30)9-5-2-6-10-22)17-26-13-11-25(12-14-26)15-16-31-18-7-3-1-4-8-18/h1,3-4,7-8H,2,5-6,9-17H2,(H,23,30)(H,24,28). The van der Waals surface area contributed by atoms with Gasteiger partial charge < -0.3 is 10.1 Å². The minimum absolute atomic E-state index is 0.165. The molecule has 1 spiro atoms. The van der Waals surface area contributed by atoms with Crippen LogP contribution in [0.3, 0.4) is 0 Å². The number of imide groups is 1. The minimum Gasteiger partial charge on any atom is -0.492 e. The summed E-state index contributed by atoms with van der Waals surface area (Å²) in [5.41, 5.74) is 1.70. The number of rotatable bonds is 7. The van der Waals surface area contributed by atoms with E-state index < -0.39 is 11.6 Å². The van der Waals surface area contributed by atoms with Crippen LogP contribution in [0.15, 0.2) is 30.3 Å². The lowest BCUT2D eigenvalue weighted by molar-refractivity contribution is -0.140. The molecule has 0 aromatic heterocycles. The number of urea groups is 1. The third-order valence-corrected chi connectivity index (χ3v) is 6.36. The van der Waals surface area contributed by atoms with E-state index in [2.05, 4.69) is 15.6 Å². The quantitative estimate of drug-likeness (QED) is 0.628. The van der Waals surface area contributed by atoms with Crippen LogP contribution in [0.4, 0.5) is 4.79 Å². The molecule has 31 heavy (non-hydrogen) atoms. The predicted octanol–water partition coefficient (Wildman–Crippen LogP) is 0.969. The number of carbonyl (C=O) groups is 3. The Kier molecular flexibility index (Phi) is 6.72. The van der Waals surface area contributed by atoms with E-state index in [4.69, 9.17) is 4.74 Å². The molecule has 9 heteroatoms. The van der Waals surface area contributed by atoms with Crippen LogP contribution in [0.1, 0.15) is 32.1 Å². The summed E-state index contributed by atoms with van der Waals surface area (Å²) in [4.78, 5) is 41.9. The molecule has 1 saturated carbocycles. The molecule has 2 N–H and O–H groups in total. The second-order valence-corrected chi connectivity index (χ2v) is 8.53. The van der Waals surface area contributed by atoms with Crippen LogP contribution < -0.4 is 15.5 Å². The van der Waals surface area contributed by atoms with Crippen LogP contribution >= 0.6 is 0 Å². The Bertz CT molecular complexity index is 788. The molecule has 0 bridgehead atoms. The first kappa shape index (κ1) is 21.6. The summed E-state index contributed by atoms with van der Waals surface area (Å²) in [6.45, 7) is 4.82. The Morgan fingerprint density at radius 3 is 2.39 bits per heavy atom. The van der Waals surface area contributed by atoms with Gasteiger partial charge in [0, 0.05) is 32.7 Å².